The summed E-state index contributed by atoms with van der Waals surface area (Å²) >= 11 is 0. The third-order valence-electron chi connectivity index (χ3n) is 4.30. The van der Waals surface area contributed by atoms with E-state index >= 15 is 0 Å². The average molecular weight is 349 g/mol. The number of amides is 1. The van der Waals surface area contributed by atoms with Gasteiger partial charge in [0.2, 0.25) is 0 Å². The number of aromatic hydroxyl groups is 1. The van der Waals surface area contributed by atoms with Crippen molar-refractivity contribution in [2.45, 2.75) is 13.8 Å². The Bertz CT molecular complexity index is 994. The Labute approximate surface area is 151 Å². The van der Waals surface area contributed by atoms with Gasteiger partial charge in [-0.25, -0.2) is 4.79 Å². The Morgan fingerprint density at radius 2 is 1.69 bits per heavy atom. The number of phenolic OH excluding ortho intramolecular Hbond substituents is 1. The molecule has 0 aliphatic rings. The minimum absolute atomic E-state index is 0.0308. The van der Waals surface area contributed by atoms with Crippen LogP contribution in [0.2, 0.25) is 0 Å². The molecule has 3 aromatic rings. The molecule has 132 valence electrons. The summed E-state index contributed by atoms with van der Waals surface area (Å²) in [5, 5.41) is 14.4. The normalized spacial score (nSPS) is 10.5. The van der Waals surface area contributed by atoms with Gasteiger partial charge in [0.1, 0.15) is 11.3 Å². The van der Waals surface area contributed by atoms with Crippen molar-refractivity contribution in [2.75, 3.05) is 11.9 Å². The lowest BCUT2D eigenvalue weighted by Gasteiger charge is -2.11. The number of benzene rings is 3. The molecule has 0 fully saturated rings. The molecule has 1 amide bonds. The van der Waals surface area contributed by atoms with E-state index in [1.807, 2.05) is 50.2 Å². The molecule has 0 saturated carbocycles. The van der Waals surface area contributed by atoms with Gasteiger partial charge in [0, 0.05) is 5.69 Å². The molecule has 0 aliphatic carbocycles. The summed E-state index contributed by atoms with van der Waals surface area (Å²) in [6.07, 6.45) is 0. The molecule has 0 saturated heterocycles. The number of fused-ring (bicyclic) bond motifs is 1. The first-order valence-corrected chi connectivity index (χ1v) is 8.20. The van der Waals surface area contributed by atoms with Crippen LogP contribution in [-0.4, -0.2) is 23.6 Å². The number of carbonyl (C=O) groups is 2. The fourth-order valence-corrected chi connectivity index (χ4v) is 2.67. The summed E-state index contributed by atoms with van der Waals surface area (Å²) in [5.41, 5.74) is 2.73. The number of esters is 1. The molecule has 3 aromatic carbocycles. The van der Waals surface area contributed by atoms with E-state index in [1.165, 1.54) is 6.07 Å². The van der Waals surface area contributed by atoms with E-state index < -0.39 is 18.5 Å². The number of carbonyl (C=O) groups excluding carboxylic acids is 2. The van der Waals surface area contributed by atoms with Crippen LogP contribution in [-0.2, 0) is 9.53 Å². The van der Waals surface area contributed by atoms with E-state index in [4.69, 9.17) is 4.74 Å². The standard InChI is InChI=1S/C21H19NO4/c1-13-6-5-9-18(14(13)2)22-20(24)12-26-21(25)17-10-15-7-3-4-8-16(15)11-19(17)23/h3-11,23H,12H2,1-2H3,(H,22,24). The van der Waals surface area contributed by atoms with Gasteiger partial charge in [-0.3, -0.25) is 4.79 Å². The van der Waals surface area contributed by atoms with E-state index in [2.05, 4.69) is 5.32 Å². The lowest BCUT2D eigenvalue weighted by atomic mass is 10.1. The van der Waals surface area contributed by atoms with Crippen molar-refractivity contribution in [3.8, 4) is 5.75 Å². The van der Waals surface area contributed by atoms with Crippen LogP contribution in [0.1, 0.15) is 21.5 Å². The second-order valence-corrected chi connectivity index (χ2v) is 6.09. The predicted octanol–water partition coefficient (Wildman–Crippen LogP) is 3.96. The number of ether oxygens (including phenoxy) is 1. The molecular formula is C21H19NO4. The summed E-state index contributed by atoms with van der Waals surface area (Å²) in [7, 11) is 0. The summed E-state index contributed by atoms with van der Waals surface area (Å²) in [6.45, 7) is 3.43. The smallest absolute Gasteiger partial charge is 0.342 e. The maximum Gasteiger partial charge on any atom is 0.342 e. The van der Waals surface area contributed by atoms with E-state index in [1.54, 1.807) is 12.1 Å². The zero-order valence-electron chi connectivity index (χ0n) is 14.6. The predicted molar refractivity (Wildman–Crippen MR) is 100 cm³/mol. The second-order valence-electron chi connectivity index (χ2n) is 6.09. The van der Waals surface area contributed by atoms with Crippen LogP contribution < -0.4 is 5.32 Å². The molecule has 2 N–H and O–H groups in total. The minimum Gasteiger partial charge on any atom is -0.507 e. The van der Waals surface area contributed by atoms with Crippen LogP contribution in [0.25, 0.3) is 10.8 Å². The van der Waals surface area contributed by atoms with E-state index in [9.17, 15) is 14.7 Å². The van der Waals surface area contributed by atoms with Crippen LogP contribution in [0, 0.1) is 13.8 Å². The van der Waals surface area contributed by atoms with Crippen LogP contribution in [0.5, 0.6) is 5.75 Å². The molecule has 26 heavy (non-hydrogen) atoms. The van der Waals surface area contributed by atoms with Crippen molar-refractivity contribution in [2.24, 2.45) is 0 Å². The van der Waals surface area contributed by atoms with Crippen LogP contribution in [0.15, 0.2) is 54.6 Å². The quantitative estimate of drug-likeness (QED) is 0.699. The number of hydrogen-bond acceptors (Lipinski definition) is 4. The molecule has 0 radical (unpaired) electrons. The topological polar surface area (TPSA) is 75.6 Å². The van der Waals surface area contributed by atoms with Crippen molar-refractivity contribution in [3.05, 3.63) is 71.3 Å². The van der Waals surface area contributed by atoms with Gasteiger partial charge in [-0.05, 0) is 53.9 Å². The van der Waals surface area contributed by atoms with Gasteiger partial charge in [-0.2, -0.15) is 0 Å². The third kappa shape index (κ3) is 3.67. The molecule has 0 aliphatic heterocycles. The molecule has 0 bridgehead atoms. The van der Waals surface area contributed by atoms with Gasteiger partial charge < -0.3 is 15.2 Å². The first-order chi connectivity index (χ1) is 12.5. The number of anilines is 1. The minimum atomic E-state index is -0.746. The van der Waals surface area contributed by atoms with Crippen LogP contribution in [0.3, 0.4) is 0 Å². The SMILES string of the molecule is Cc1cccc(NC(=O)COC(=O)c2cc3ccccc3cc2O)c1C. The highest BCUT2D eigenvalue weighted by molar-refractivity contribution is 6.00. The Hall–Kier alpha value is -3.34. The van der Waals surface area contributed by atoms with Crippen LogP contribution in [0.4, 0.5) is 5.69 Å². The molecule has 3 rings (SSSR count). The Kier molecular flexibility index (Phi) is 4.89. The lowest BCUT2D eigenvalue weighted by Crippen LogP contribution is -2.21. The Morgan fingerprint density at radius 1 is 1.00 bits per heavy atom. The zero-order chi connectivity index (χ0) is 18.7. The highest BCUT2D eigenvalue weighted by Crippen LogP contribution is 2.25. The van der Waals surface area contributed by atoms with Crippen molar-refractivity contribution < 1.29 is 19.4 Å². The number of hydrogen-bond donors (Lipinski definition) is 2. The fourth-order valence-electron chi connectivity index (χ4n) is 2.67. The van der Waals surface area contributed by atoms with Gasteiger partial charge in [0.15, 0.2) is 6.61 Å². The van der Waals surface area contributed by atoms with Crippen molar-refractivity contribution in [3.63, 3.8) is 0 Å². The number of nitrogens with one attached hydrogen (secondary N) is 1. The van der Waals surface area contributed by atoms with Gasteiger partial charge in [0.05, 0.1) is 0 Å². The van der Waals surface area contributed by atoms with Gasteiger partial charge in [-0.1, -0.05) is 36.4 Å². The number of rotatable bonds is 4. The first kappa shape index (κ1) is 17.5. The number of phenols is 1. The highest BCUT2D eigenvalue weighted by Gasteiger charge is 2.16. The van der Waals surface area contributed by atoms with Crippen molar-refractivity contribution in [1.29, 1.82) is 0 Å². The van der Waals surface area contributed by atoms with Gasteiger partial charge >= 0.3 is 5.97 Å². The summed E-state index contributed by atoms with van der Waals surface area (Å²) in [5.74, 6) is -1.36. The third-order valence-corrected chi connectivity index (χ3v) is 4.30. The van der Waals surface area contributed by atoms with E-state index in [0.717, 1.165) is 21.9 Å². The summed E-state index contributed by atoms with van der Waals surface area (Å²) < 4.78 is 5.05. The molecule has 0 atom stereocenters. The van der Waals surface area contributed by atoms with Crippen LogP contribution >= 0.6 is 0 Å². The second kappa shape index (κ2) is 7.27. The van der Waals surface area contributed by atoms with E-state index in [-0.39, 0.29) is 11.3 Å². The van der Waals surface area contributed by atoms with Gasteiger partial charge in [0.25, 0.3) is 5.91 Å². The number of aryl methyl sites for hydroxylation is 1. The molecule has 5 heteroatoms. The summed E-state index contributed by atoms with van der Waals surface area (Å²) in [6, 6.07) is 16.0. The van der Waals surface area contributed by atoms with Crippen molar-refractivity contribution >= 4 is 28.3 Å². The lowest BCUT2D eigenvalue weighted by molar-refractivity contribution is -0.119. The summed E-state index contributed by atoms with van der Waals surface area (Å²) in [4.78, 5) is 24.3. The average Bonchev–Trinajstić information content (AvgIpc) is 2.63. The molecular weight excluding hydrogens is 330 g/mol. The molecule has 0 aromatic heterocycles. The molecule has 0 unspecified atom stereocenters. The van der Waals surface area contributed by atoms with Gasteiger partial charge in [-0.15, -0.1) is 0 Å². The molecule has 5 nitrogen and oxygen atoms in total. The fraction of sp³-hybridized carbons (Fsp3) is 0.143. The Morgan fingerprint density at radius 3 is 2.42 bits per heavy atom. The monoisotopic (exact) mass is 349 g/mol. The Balaban J connectivity index is 1.68. The van der Waals surface area contributed by atoms with E-state index in [0.29, 0.717) is 5.69 Å². The maximum absolute atomic E-state index is 12.2. The zero-order valence-corrected chi connectivity index (χ0v) is 14.6. The highest BCUT2D eigenvalue weighted by atomic mass is 16.5. The molecule has 0 spiro atoms. The first-order valence-electron chi connectivity index (χ1n) is 8.20. The maximum atomic E-state index is 12.2. The van der Waals surface area contributed by atoms with Crippen molar-refractivity contribution in [1.82, 2.24) is 0 Å². The largest absolute Gasteiger partial charge is 0.507 e. The molecule has 0 heterocycles.